The molecule has 0 radical (unpaired) electrons. The van der Waals surface area contributed by atoms with E-state index in [9.17, 15) is 14.4 Å². The summed E-state index contributed by atoms with van der Waals surface area (Å²) >= 11 is 3.63. The Morgan fingerprint density at radius 3 is 2.63 bits per heavy atom. The number of aromatic nitrogens is 2. The van der Waals surface area contributed by atoms with Crippen LogP contribution in [0.1, 0.15) is 48.0 Å². The number of benzene rings is 2. The van der Waals surface area contributed by atoms with Gasteiger partial charge in [0, 0.05) is 28.6 Å². The van der Waals surface area contributed by atoms with E-state index in [-0.39, 0.29) is 40.7 Å². The molecule has 6 rings (SSSR count). The second kappa shape index (κ2) is 9.83. The van der Waals surface area contributed by atoms with Gasteiger partial charge in [0.2, 0.25) is 5.43 Å². The highest BCUT2D eigenvalue weighted by Crippen LogP contribution is 2.48. The Hall–Kier alpha value is -3.78. The Morgan fingerprint density at radius 2 is 1.89 bits per heavy atom. The topological polar surface area (TPSA) is 90.3 Å². The maximum atomic E-state index is 13.2. The molecule has 0 spiro atoms. The lowest BCUT2D eigenvalue weighted by molar-refractivity contribution is -0.144. The van der Waals surface area contributed by atoms with E-state index in [1.165, 1.54) is 0 Å². The molecule has 2 aromatic carbocycles. The van der Waals surface area contributed by atoms with Gasteiger partial charge < -0.3 is 14.6 Å². The fourth-order valence-corrected chi connectivity index (χ4v) is 5.37. The van der Waals surface area contributed by atoms with Crippen molar-refractivity contribution in [2.24, 2.45) is 5.92 Å². The number of pyridine rings is 2. The largest absolute Gasteiger partial charge is 0.466 e. The van der Waals surface area contributed by atoms with Crippen molar-refractivity contribution in [2.75, 3.05) is 6.61 Å². The number of hydrogen-bond donors (Lipinski definition) is 1. The predicted octanol–water partition coefficient (Wildman–Crippen LogP) is 5.37. The van der Waals surface area contributed by atoms with Crippen molar-refractivity contribution in [3.05, 3.63) is 92.8 Å². The third-order valence-electron chi connectivity index (χ3n) is 7.13. The van der Waals surface area contributed by atoms with Gasteiger partial charge in [0.1, 0.15) is 11.2 Å². The summed E-state index contributed by atoms with van der Waals surface area (Å²) in [6.45, 7) is 2.23. The van der Waals surface area contributed by atoms with Gasteiger partial charge in [0.15, 0.2) is 0 Å². The van der Waals surface area contributed by atoms with Crippen molar-refractivity contribution < 1.29 is 14.3 Å². The van der Waals surface area contributed by atoms with Gasteiger partial charge in [-0.25, -0.2) is 4.98 Å². The van der Waals surface area contributed by atoms with Crippen LogP contribution in [0.15, 0.2) is 76.3 Å². The average molecular weight is 572 g/mol. The zero-order chi connectivity index (χ0) is 26.4. The van der Waals surface area contributed by atoms with E-state index in [4.69, 9.17) is 4.74 Å². The molecule has 8 heteroatoms. The number of ether oxygens (including phenoxy) is 1. The van der Waals surface area contributed by atoms with E-state index in [1.54, 1.807) is 29.1 Å². The summed E-state index contributed by atoms with van der Waals surface area (Å²) in [5.41, 5.74) is 4.13. The number of carbonyl (C=O) groups excluding carboxylic acids is 2. The third kappa shape index (κ3) is 4.76. The van der Waals surface area contributed by atoms with Crippen LogP contribution in [0.5, 0.6) is 0 Å². The number of fused-ring (bicyclic) bond motifs is 1. The molecule has 2 unspecified atom stereocenters. The normalized spacial score (nSPS) is 18.3. The van der Waals surface area contributed by atoms with Crippen molar-refractivity contribution in [3.8, 4) is 16.8 Å². The molecule has 4 aromatic rings. The molecule has 0 aliphatic heterocycles. The molecule has 2 heterocycles. The standard InChI is InChI=1S/C30H26BrN3O4/c1-2-38-30(37)25-15-24(25)18-7-5-17(6-8-18)19-12-20(31)14-22(13-19)34-16-26(29(36)33-21-9-10-21)27(35)23-4-3-11-32-28(23)34/h3-8,11-14,16,21,24-25H,2,9-10,15H2,1H3,(H,33,36). The van der Waals surface area contributed by atoms with Crippen LogP contribution in [0.25, 0.3) is 27.8 Å². The molecule has 2 aromatic heterocycles. The molecule has 1 N–H and O–H groups in total. The minimum absolute atomic E-state index is 0.0502. The summed E-state index contributed by atoms with van der Waals surface area (Å²) < 4.78 is 7.82. The van der Waals surface area contributed by atoms with Gasteiger partial charge in [0.25, 0.3) is 5.91 Å². The van der Waals surface area contributed by atoms with Gasteiger partial charge >= 0.3 is 5.97 Å². The minimum atomic E-state index is -0.357. The fourth-order valence-electron chi connectivity index (χ4n) is 4.89. The smallest absolute Gasteiger partial charge is 0.309 e. The second-order valence-corrected chi connectivity index (χ2v) is 10.8. The van der Waals surface area contributed by atoms with E-state index >= 15 is 0 Å². The van der Waals surface area contributed by atoms with E-state index in [0.29, 0.717) is 17.6 Å². The van der Waals surface area contributed by atoms with Gasteiger partial charge in [-0.2, -0.15) is 0 Å². The van der Waals surface area contributed by atoms with Crippen LogP contribution >= 0.6 is 15.9 Å². The minimum Gasteiger partial charge on any atom is -0.466 e. The number of esters is 1. The van der Waals surface area contributed by atoms with Crippen molar-refractivity contribution in [3.63, 3.8) is 0 Å². The molecule has 0 bridgehead atoms. The van der Waals surface area contributed by atoms with Gasteiger partial charge in [-0.15, -0.1) is 0 Å². The van der Waals surface area contributed by atoms with E-state index in [1.807, 2.05) is 25.1 Å². The van der Waals surface area contributed by atoms with Crippen molar-refractivity contribution >= 4 is 38.8 Å². The molecule has 2 aliphatic rings. The zero-order valence-corrected chi connectivity index (χ0v) is 22.4. The highest BCUT2D eigenvalue weighted by Gasteiger charge is 2.45. The van der Waals surface area contributed by atoms with Crippen LogP contribution in [0.3, 0.4) is 0 Å². The predicted molar refractivity (Wildman–Crippen MR) is 148 cm³/mol. The maximum Gasteiger partial charge on any atom is 0.309 e. The Bertz CT molecular complexity index is 1630. The first-order valence-electron chi connectivity index (χ1n) is 12.8. The van der Waals surface area contributed by atoms with Gasteiger partial charge in [-0.3, -0.25) is 14.4 Å². The lowest BCUT2D eigenvalue weighted by atomic mass is 10.0. The molecule has 2 atom stereocenters. The lowest BCUT2D eigenvalue weighted by Gasteiger charge is -2.15. The summed E-state index contributed by atoms with van der Waals surface area (Å²) in [4.78, 5) is 42.6. The molecule has 0 saturated heterocycles. The number of rotatable bonds is 7. The summed E-state index contributed by atoms with van der Waals surface area (Å²) in [7, 11) is 0. The molecule has 1 amide bonds. The van der Waals surface area contributed by atoms with Crippen molar-refractivity contribution in [2.45, 2.75) is 38.1 Å². The maximum absolute atomic E-state index is 13.2. The summed E-state index contributed by atoms with van der Waals surface area (Å²) in [5, 5.41) is 3.32. The number of halogens is 1. The first-order valence-corrected chi connectivity index (χ1v) is 13.6. The first kappa shape index (κ1) is 24.6. The Kier molecular flexibility index (Phi) is 6.35. The highest BCUT2D eigenvalue weighted by molar-refractivity contribution is 9.10. The number of carbonyl (C=O) groups is 2. The van der Waals surface area contributed by atoms with Gasteiger partial charge in [0.05, 0.1) is 17.9 Å². The van der Waals surface area contributed by atoms with Crippen LogP contribution in [0.4, 0.5) is 0 Å². The first-order chi connectivity index (χ1) is 18.4. The monoisotopic (exact) mass is 571 g/mol. The molecule has 2 saturated carbocycles. The van der Waals surface area contributed by atoms with Crippen molar-refractivity contribution in [1.82, 2.24) is 14.9 Å². The Balaban J connectivity index is 1.36. The molecular formula is C30H26BrN3O4. The zero-order valence-electron chi connectivity index (χ0n) is 20.8. The molecular weight excluding hydrogens is 546 g/mol. The average Bonchev–Trinajstić information content (AvgIpc) is 3.85. The molecule has 2 fully saturated rings. The summed E-state index contributed by atoms with van der Waals surface area (Å²) in [6, 6.07) is 17.8. The van der Waals surface area contributed by atoms with Gasteiger partial charge in [-0.05, 0) is 79.1 Å². The Labute approximate surface area is 228 Å². The summed E-state index contributed by atoms with van der Waals surface area (Å²) in [6.07, 6.45) is 5.93. The molecule has 38 heavy (non-hydrogen) atoms. The van der Waals surface area contributed by atoms with Crippen LogP contribution in [-0.2, 0) is 9.53 Å². The second-order valence-electron chi connectivity index (χ2n) is 9.89. The van der Waals surface area contributed by atoms with Crippen LogP contribution < -0.4 is 10.7 Å². The number of nitrogens with zero attached hydrogens (tertiary/aromatic N) is 2. The van der Waals surface area contributed by atoms with Gasteiger partial charge in [-0.1, -0.05) is 40.2 Å². The highest BCUT2D eigenvalue weighted by atomic mass is 79.9. The van der Waals surface area contributed by atoms with E-state index in [2.05, 4.69) is 50.5 Å². The van der Waals surface area contributed by atoms with Crippen LogP contribution in [-0.4, -0.2) is 34.1 Å². The SMILES string of the molecule is CCOC(=O)C1CC1c1ccc(-c2cc(Br)cc(-n3cc(C(=O)NC4CC4)c(=O)c4cccnc43)c2)cc1. The lowest BCUT2D eigenvalue weighted by Crippen LogP contribution is -2.31. The number of nitrogens with one attached hydrogen (secondary N) is 1. The quantitative estimate of drug-likeness (QED) is 0.301. The van der Waals surface area contributed by atoms with Crippen LogP contribution in [0.2, 0.25) is 0 Å². The van der Waals surface area contributed by atoms with Crippen LogP contribution in [0, 0.1) is 5.92 Å². The number of amides is 1. The van der Waals surface area contributed by atoms with E-state index in [0.717, 1.165) is 46.1 Å². The molecule has 192 valence electrons. The summed E-state index contributed by atoms with van der Waals surface area (Å²) in [5.74, 6) is -0.319. The Morgan fingerprint density at radius 1 is 1.11 bits per heavy atom. The third-order valence-corrected chi connectivity index (χ3v) is 7.59. The fraction of sp³-hybridized carbons (Fsp3) is 0.267. The van der Waals surface area contributed by atoms with E-state index < -0.39 is 0 Å². The van der Waals surface area contributed by atoms with Crippen molar-refractivity contribution in [1.29, 1.82) is 0 Å². The molecule has 7 nitrogen and oxygen atoms in total. The molecule has 2 aliphatic carbocycles. The number of hydrogen-bond acceptors (Lipinski definition) is 5.